The highest BCUT2D eigenvalue weighted by molar-refractivity contribution is 7.78. The highest BCUT2D eigenvalue weighted by Gasteiger charge is 1.79. The van der Waals surface area contributed by atoms with Crippen molar-refractivity contribution in [2.45, 2.75) is 0 Å². The molecule has 4 nitrogen and oxygen atoms in total. The van der Waals surface area contributed by atoms with Gasteiger partial charge in [-0.2, -0.15) is 4.99 Å². The molecule has 0 spiro atoms. The smallest absolute Gasteiger partial charge is 0.183 e. The molecule has 1 aromatic carbocycles. The number of para-hydroxylation sites is 1. The number of hydrogen-bond acceptors (Lipinski definition) is 3. The fraction of sp³-hybridized carbons (Fsp3) is 0. The highest BCUT2D eigenvalue weighted by atomic mass is 32.1. The van der Waals surface area contributed by atoms with Gasteiger partial charge in [0.05, 0.1) is 10.8 Å². The predicted octanol–water partition coefficient (Wildman–Crippen LogP) is 1.26. The first-order valence-electron chi connectivity index (χ1n) is 3.39. The molecular formula is C8H10N4S. The van der Waals surface area contributed by atoms with Crippen LogP contribution in [-0.4, -0.2) is 11.1 Å². The van der Waals surface area contributed by atoms with Crippen LogP contribution in [-0.2, 0) is 0 Å². The summed E-state index contributed by atoms with van der Waals surface area (Å²) in [6, 6.07) is 9.50. The standard InChI is InChI=1S/C7H5NS.CH5N3/c9-6-8-7-4-2-1-3-5-7;2-1(3)4/h1-5H;(H5,2,3,4). The van der Waals surface area contributed by atoms with E-state index in [0.717, 1.165) is 5.69 Å². The van der Waals surface area contributed by atoms with E-state index in [4.69, 9.17) is 5.41 Å². The monoisotopic (exact) mass is 194 g/mol. The second-order valence-electron chi connectivity index (χ2n) is 1.99. The van der Waals surface area contributed by atoms with E-state index in [0.29, 0.717) is 0 Å². The Hall–Kier alpha value is -1.71. The molecule has 0 saturated carbocycles. The normalized spacial score (nSPS) is 7.38. The predicted molar refractivity (Wildman–Crippen MR) is 57.2 cm³/mol. The van der Waals surface area contributed by atoms with Crippen molar-refractivity contribution in [3.63, 3.8) is 0 Å². The molecule has 0 atom stereocenters. The Kier molecular flexibility index (Phi) is 6.05. The number of thiocarbonyl (C=S) groups is 1. The molecule has 0 aliphatic rings. The largest absolute Gasteiger partial charge is 0.370 e. The Morgan fingerprint density at radius 2 is 1.77 bits per heavy atom. The quantitative estimate of drug-likeness (QED) is 0.357. The lowest BCUT2D eigenvalue weighted by Crippen LogP contribution is -2.20. The Morgan fingerprint density at radius 3 is 2.15 bits per heavy atom. The number of rotatable bonds is 1. The third-order valence-corrected chi connectivity index (χ3v) is 1.02. The van der Waals surface area contributed by atoms with Crippen LogP contribution in [0.4, 0.5) is 5.69 Å². The minimum absolute atomic E-state index is 0.333. The van der Waals surface area contributed by atoms with Crippen molar-refractivity contribution in [2.75, 3.05) is 0 Å². The van der Waals surface area contributed by atoms with Crippen LogP contribution >= 0.6 is 12.2 Å². The van der Waals surface area contributed by atoms with Gasteiger partial charge in [0.15, 0.2) is 5.96 Å². The second kappa shape index (κ2) is 6.97. The van der Waals surface area contributed by atoms with Gasteiger partial charge in [-0.3, -0.25) is 5.41 Å². The van der Waals surface area contributed by atoms with E-state index in [1.165, 1.54) is 0 Å². The molecule has 0 fully saturated rings. The van der Waals surface area contributed by atoms with Crippen molar-refractivity contribution in [1.29, 1.82) is 5.41 Å². The van der Waals surface area contributed by atoms with Crippen LogP contribution < -0.4 is 11.5 Å². The maximum Gasteiger partial charge on any atom is 0.183 e. The fourth-order valence-corrected chi connectivity index (χ4v) is 0.661. The summed E-state index contributed by atoms with van der Waals surface area (Å²) in [5, 5.41) is 8.35. The number of guanidine groups is 1. The molecule has 68 valence electrons. The van der Waals surface area contributed by atoms with Crippen molar-refractivity contribution < 1.29 is 0 Å². The molecular weight excluding hydrogens is 184 g/mol. The summed E-state index contributed by atoms with van der Waals surface area (Å²) in [6.07, 6.45) is 0. The van der Waals surface area contributed by atoms with E-state index < -0.39 is 0 Å². The summed E-state index contributed by atoms with van der Waals surface area (Å²) in [4.78, 5) is 3.77. The Morgan fingerprint density at radius 1 is 1.31 bits per heavy atom. The molecule has 13 heavy (non-hydrogen) atoms. The topological polar surface area (TPSA) is 88.2 Å². The molecule has 0 amide bonds. The van der Waals surface area contributed by atoms with Crippen LogP contribution in [0.5, 0.6) is 0 Å². The van der Waals surface area contributed by atoms with Crippen molar-refractivity contribution in [2.24, 2.45) is 16.5 Å². The summed E-state index contributed by atoms with van der Waals surface area (Å²) < 4.78 is 0. The molecule has 0 heterocycles. The number of nitrogens with two attached hydrogens (primary N) is 2. The molecule has 0 saturated heterocycles. The number of aliphatic imine (C=N–C) groups is 1. The minimum atomic E-state index is -0.333. The molecule has 0 bridgehead atoms. The average Bonchev–Trinajstić information content (AvgIpc) is 2.06. The molecule has 0 aliphatic heterocycles. The van der Waals surface area contributed by atoms with Gasteiger partial charge in [-0.05, 0) is 24.4 Å². The van der Waals surface area contributed by atoms with E-state index in [1.807, 2.05) is 30.3 Å². The first-order valence-corrected chi connectivity index (χ1v) is 3.80. The zero-order valence-corrected chi connectivity index (χ0v) is 7.71. The van der Waals surface area contributed by atoms with Gasteiger partial charge in [-0.15, -0.1) is 0 Å². The van der Waals surface area contributed by atoms with Gasteiger partial charge < -0.3 is 11.5 Å². The van der Waals surface area contributed by atoms with E-state index >= 15 is 0 Å². The maximum atomic E-state index is 6.06. The third kappa shape index (κ3) is 8.19. The Labute approximate surface area is 81.8 Å². The number of benzene rings is 1. The lowest BCUT2D eigenvalue weighted by molar-refractivity contribution is 1.39. The van der Waals surface area contributed by atoms with Gasteiger partial charge >= 0.3 is 0 Å². The van der Waals surface area contributed by atoms with Crippen LogP contribution in [0, 0.1) is 5.41 Å². The average molecular weight is 194 g/mol. The summed E-state index contributed by atoms with van der Waals surface area (Å²) in [6.45, 7) is 0. The number of nitrogens with zero attached hydrogens (tertiary/aromatic N) is 1. The summed E-state index contributed by atoms with van der Waals surface area (Å²) in [7, 11) is 0. The van der Waals surface area contributed by atoms with E-state index in [9.17, 15) is 0 Å². The van der Waals surface area contributed by atoms with Gasteiger partial charge in [0.1, 0.15) is 0 Å². The van der Waals surface area contributed by atoms with Gasteiger partial charge in [0, 0.05) is 0 Å². The van der Waals surface area contributed by atoms with Gasteiger partial charge in [-0.1, -0.05) is 18.2 Å². The van der Waals surface area contributed by atoms with Crippen molar-refractivity contribution in [3.05, 3.63) is 30.3 Å². The minimum Gasteiger partial charge on any atom is -0.370 e. The Bertz CT molecular complexity index is 299. The highest BCUT2D eigenvalue weighted by Crippen LogP contribution is 2.07. The lowest BCUT2D eigenvalue weighted by atomic mass is 10.3. The number of nitrogens with one attached hydrogen (secondary N) is 1. The lowest BCUT2D eigenvalue weighted by Gasteiger charge is -1.83. The molecule has 0 unspecified atom stereocenters. The second-order valence-corrected chi connectivity index (χ2v) is 2.18. The van der Waals surface area contributed by atoms with Gasteiger partial charge in [0.25, 0.3) is 0 Å². The first-order chi connectivity index (χ1) is 6.16. The van der Waals surface area contributed by atoms with Crippen LogP contribution in [0.15, 0.2) is 35.3 Å². The molecule has 0 aromatic heterocycles. The zero-order valence-electron chi connectivity index (χ0n) is 6.90. The van der Waals surface area contributed by atoms with Crippen LogP contribution in [0.2, 0.25) is 0 Å². The zero-order chi connectivity index (χ0) is 10.1. The summed E-state index contributed by atoms with van der Waals surface area (Å²) in [5.74, 6) is -0.333. The van der Waals surface area contributed by atoms with E-state index in [-0.39, 0.29) is 5.96 Å². The molecule has 0 aliphatic carbocycles. The van der Waals surface area contributed by atoms with Crippen LogP contribution in [0.25, 0.3) is 0 Å². The summed E-state index contributed by atoms with van der Waals surface area (Å²) >= 11 is 4.42. The van der Waals surface area contributed by atoms with Crippen molar-refractivity contribution in [1.82, 2.24) is 0 Å². The maximum absolute atomic E-state index is 6.06. The van der Waals surface area contributed by atoms with Crippen molar-refractivity contribution in [3.8, 4) is 0 Å². The molecule has 5 heteroatoms. The van der Waals surface area contributed by atoms with Crippen LogP contribution in [0.3, 0.4) is 0 Å². The van der Waals surface area contributed by atoms with Gasteiger partial charge in [-0.25, -0.2) is 0 Å². The number of hydrogen-bond donors (Lipinski definition) is 3. The van der Waals surface area contributed by atoms with Crippen molar-refractivity contribution >= 4 is 29.0 Å². The number of isothiocyanates is 1. The third-order valence-electron chi connectivity index (χ3n) is 0.931. The van der Waals surface area contributed by atoms with E-state index in [1.54, 1.807) is 0 Å². The summed E-state index contributed by atoms with van der Waals surface area (Å²) in [5.41, 5.74) is 9.80. The molecule has 0 radical (unpaired) electrons. The van der Waals surface area contributed by atoms with Gasteiger partial charge in [0.2, 0.25) is 0 Å². The molecule has 1 rings (SSSR count). The fourth-order valence-electron chi connectivity index (χ4n) is 0.555. The Balaban J connectivity index is 0.000000310. The first kappa shape index (κ1) is 11.3. The van der Waals surface area contributed by atoms with Crippen LogP contribution in [0.1, 0.15) is 0 Å². The van der Waals surface area contributed by atoms with E-state index in [2.05, 4.69) is 33.8 Å². The SMILES string of the molecule is N=C(N)N.S=C=Nc1ccccc1. The molecule has 5 N–H and O–H groups in total. The molecule has 1 aromatic rings.